The van der Waals surface area contributed by atoms with Crippen LogP contribution < -0.4 is 0 Å². The number of nitrogens with zero attached hydrogens (tertiary/aromatic N) is 1. The number of halogens is 1. The van der Waals surface area contributed by atoms with Crippen molar-refractivity contribution in [1.29, 1.82) is 0 Å². The first-order valence-electron chi connectivity index (χ1n) is 3.50. The summed E-state index contributed by atoms with van der Waals surface area (Å²) in [6.45, 7) is 4.06. The van der Waals surface area contributed by atoms with E-state index < -0.39 is 0 Å². The Hall–Kier alpha value is -0.630. The van der Waals surface area contributed by atoms with E-state index in [9.17, 15) is 0 Å². The van der Waals surface area contributed by atoms with Crippen LogP contribution in [0.3, 0.4) is 0 Å². The van der Waals surface area contributed by atoms with Gasteiger partial charge in [0.2, 0.25) is 0 Å². The highest BCUT2D eigenvalue weighted by Gasteiger charge is 1.95. The summed E-state index contributed by atoms with van der Waals surface area (Å²) in [5.41, 5.74) is 2.23. The van der Waals surface area contributed by atoms with E-state index >= 15 is 0 Å². The van der Waals surface area contributed by atoms with Gasteiger partial charge >= 0.3 is 0 Å². The summed E-state index contributed by atoms with van der Waals surface area (Å²) in [6.07, 6.45) is 2.05. The van der Waals surface area contributed by atoms with E-state index in [-0.39, 0.29) is 0 Å². The van der Waals surface area contributed by atoms with Gasteiger partial charge in [-0.1, -0.05) is 12.1 Å². The Labute approximate surface area is 75.3 Å². The Bertz CT molecular complexity index is 279. The summed E-state index contributed by atoms with van der Waals surface area (Å²) >= 11 is 3.32. The molecular weight excluding hydrogens is 202 g/mol. The predicted octanol–water partition coefficient (Wildman–Crippen LogP) is 3.27. The molecule has 1 rings (SSSR count). The molecule has 0 bridgehead atoms. The lowest BCUT2D eigenvalue weighted by Crippen LogP contribution is -1.84. The van der Waals surface area contributed by atoms with Crippen molar-refractivity contribution in [1.82, 2.24) is 4.98 Å². The second-order valence-electron chi connectivity index (χ2n) is 2.32. The molecule has 0 N–H and O–H groups in total. The van der Waals surface area contributed by atoms with Gasteiger partial charge in [0.15, 0.2) is 0 Å². The molecule has 1 aromatic rings. The van der Waals surface area contributed by atoms with Gasteiger partial charge in [0.25, 0.3) is 0 Å². The highest BCUT2D eigenvalue weighted by atomic mass is 79.9. The molecule has 0 aliphatic carbocycles. The van der Waals surface area contributed by atoms with Crippen LogP contribution in [0.5, 0.6) is 0 Å². The van der Waals surface area contributed by atoms with Gasteiger partial charge in [0.05, 0.1) is 5.69 Å². The largest absolute Gasteiger partial charge is 0.241 e. The highest BCUT2D eigenvalue weighted by Crippen LogP contribution is 2.13. The third-order valence-corrected chi connectivity index (χ3v) is 1.99. The van der Waals surface area contributed by atoms with E-state index in [1.54, 1.807) is 0 Å². The van der Waals surface area contributed by atoms with E-state index in [2.05, 4.69) is 33.9 Å². The summed E-state index contributed by atoms with van der Waals surface area (Å²) in [4.78, 5) is 4.29. The van der Waals surface area contributed by atoms with Crippen LogP contribution in [0.15, 0.2) is 28.9 Å². The molecule has 0 saturated heterocycles. The Morgan fingerprint density at radius 2 is 2.27 bits per heavy atom. The van der Waals surface area contributed by atoms with E-state index in [0.29, 0.717) is 0 Å². The zero-order valence-corrected chi connectivity index (χ0v) is 8.22. The summed E-state index contributed by atoms with van der Waals surface area (Å²) in [5.74, 6) is 0. The molecule has 0 radical (unpaired) electrons. The lowest BCUT2D eigenvalue weighted by atomic mass is 10.2. The minimum Gasteiger partial charge on any atom is -0.241 e. The van der Waals surface area contributed by atoms with Crippen molar-refractivity contribution in [2.45, 2.75) is 13.8 Å². The maximum atomic E-state index is 4.29. The topological polar surface area (TPSA) is 12.9 Å². The van der Waals surface area contributed by atoms with Crippen molar-refractivity contribution in [2.75, 3.05) is 0 Å². The minimum atomic E-state index is 0.885. The van der Waals surface area contributed by atoms with Gasteiger partial charge in [-0.25, -0.2) is 4.98 Å². The van der Waals surface area contributed by atoms with Gasteiger partial charge in [-0.3, -0.25) is 0 Å². The fourth-order valence-corrected chi connectivity index (χ4v) is 1.12. The van der Waals surface area contributed by atoms with Gasteiger partial charge in [0.1, 0.15) is 4.60 Å². The van der Waals surface area contributed by atoms with Crippen LogP contribution in [-0.4, -0.2) is 4.98 Å². The fraction of sp³-hybridized carbons (Fsp3) is 0.222. The van der Waals surface area contributed by atoms with Gasteiger partial charge in [-0.15, -0.1) is 0 Å². The van der Waals surface area contributed by atoms with Crippen LogP contribution in [0.25, 0.3) is 5.57 Å². The molecule has 0 amide bonds. The normalized spacial score (nSPS) is 11.7. The third kappa shape index (κ3) is 2.15. The molecule has 1 nitrogen and oxygen atoms in total. The number of pyridine rings is 1. The molecule has 11 heavy (non-hydrogen) atoms. The Kier molecular flexibility index (Phi) is 2.83. The molecule has 0 atom stereocenters. The zero-order valence-electron chi connectivity index (χ0n) is 6.63. The van der Waals surface area contributed by atoms with Crippen LogP contribution in [0.2, 0.25) is 0 Å². The smallest absolute Gasteiger partial charge is 0.106 e. The molecule has 1 aromatic heterocycles. The number of aromatic nitrogens is 1. The van der Waals surface area contributed by atoms with Gasteiger partial charge in [-0.2, -0.15) is 0 Å². The average Bonchev–Trinajstić information content (AvgIpc) is 2.03. The van der Waals surface area contributed by atoms with Crippen molar-refractivity contribution in [3.8, 4) is 0 Å². The first-order valence-corrected chi connectivity index (χ1v) is 4.29. The highest BCUT2D eigenvalue weighted by molar-refractivity contribution is 9.10. The van der Waals surface area contributed by atoms with Crippen molar-refractivity contribution in [3.63, 3.8) is 0 Å². The molecule has 0 fully saturated rings. The maximum absolute atomic E-state index is 4.29. The number of allylic oxidation sites excluding steroid dienone is 2. The minimum absolute atomic E-state index is 0.885. The monoisotopic (exact) mass is 211 g/mol. The van der Waals surface area contributed by atoms with Crippen LogP contribution in [0.4, 0.5) is 0 Å². The lowest BCUT2D eigenvalue weighted by Gasteiger charge is -1.98. The van der Waals surface area contributed by atoms with Gasteiger partial charge in [-0.05, 0) is 47.5 Å². The van der Waals surface area contributed by atoms with E-state index in [1.165, 1.54) is 5.57 Å². The summed E-state index contributed by atoms with van der Waals surface area (Å²) in [7, 11) is 0. The molecule has 1 heterocycles. The summed E-state index contributed by atoms with van der Waals surface area (Å²) in [5, 5.41) is 0. The zero-order chi connectivity index (χ0) is 8.27. The molecule has 2 heteroatoms. The number of hydrogen-bond acceptors (Lipinski definition) is 1. The van der Waals surface area contributed by atoms with E-state index in [4.69, 9.17) is 0 Å². The molecule has 0 aromatic carbocycles. The summed E-state index contributed by atoms with van der Waals surface area (Å²) in [6, 6.07) is 5.91. The standard InChI is InChI=1S/C9H10BrN/c1-3-7(2)8-5-4-6-9(10)11-8/h3-6H,1-2H3/b7-3+. The predicted molar refractivity (Wildman–Crippen MR) is 51.3 cm³/mol. The van der Waals surface area contributed by atoms with Crippen molar-refractivity contribution in [2.24, 2.45) is 0 Å². The molecule has 0 unspecified atom stereocenters. The van der Waals surface area contributed by atoms with Gasteiger partial charge in [0, 0.05) is 0 Å². The quantitative estimate of drug-likeness (QED) is 0.651. The molecule has 58 valence electrons. The van der Waals surface area contributed by atoms with Crippen molar-refractivity contribution >= 4 is 21.5 Å². The van der Waals surface area contributed by atoms with E-state index in [0.717, 1.165) is 10.3 Å². The third-order valence-electron chi connectivity index (χ3n) is 1.55. The second-order valence-corrected chi connectivity index (χ2v) is 3.13. The fourth-order valence-electron chi connectivity index (χ4n) is 0.776. The molecule has 0 aliphatic heterocycles. The first kappa shape index (κ1) is 8.47. The first-order chi connectivity index (χ1) is 5.24. The second kappa shape index (κ2) is 3.67. The van der Waals surface area contributed by atoms with Crippen LogP contribution in [-0.2, 0) is 0 Å². The molecule has 0 saturated carbocycles. The molecular formula is C9H10BrN. The average molecular weight is 212 g/mol. The SMILES string of the molecule is C/C=C(\C)c1cccc(Br)n1. The van der Waals surface area contributed by atoms with Crippen LogP contribution in [0.1, 0.15) is 19.5 Å². The van der Waals surface area contributed by atoms with Crippen molar-refractivity contribution in [3.05, 3.63) is 34.6 Å². The number of rotatable bonds is 1. The number of hydrogen-bond donors (Lipinski definition) is 0. The Morgan fingerprint density at radius 3 is 2.82 bits per heavy atom. The van der Waals surface area contributed by atoms with E-state index in [1.807, 2.05) is 25.1 Å². The summed E-state index contributed by atoms with van der Waals surface area (Å²) < 4.78 is 0.885. The van der Waals surface area contributed by atoms with Crippen molar-refractivity contribution < 1.29 is 0 Å². The lowest BCUT2D eigenvalue weighted by molar-refractivity contribution is 1.22. The maximum Gasteiger partial charge on any atom is 0.106 e. The van der Waals surface area contributed by atoms with Crippen LogP contribution in [0, 0.1) is 0 Å². The molecule has 0 aliphatic rings. The Morgan fingerprint density at radius 1 is 1.55 bits per heavy atom. The van der Waals surface area contributed by atoms with Crippen LogP contribution >= 0.6 is 15.9 Å². The van der Waals surface area contributed by atoms with Gasteiger partial charge < -0.3 is 0 Å². The Balaban J connectivity index is 3.06. The molecule has 0 spiro atoms.